The molecule has 0 aromatic heterocycles. The number of sulfonamides is 3. The molecule has 0 aromatic rings. The number of ether oxygens (including phenoxy) is 3. The van der Waals surface area contributed by atoms with Crippen LogP contribution in [0.1, 0.15) is 0 Å². The van der Waals surface area contributed by atoms with Gasteiger partial charge in [0.2, 0.25) is 0 Å². The van der Waals surface area contributed by atoms with E-state index in [0.717, 1.165) is 0 Å². The summed E-state index contributed by atoms with van der Waals surface area (Å²) in [5.74, 6) is 0. The minimum absolute atomic E-state index is 0.125. The Morgan fingerprint density at radius 1 is 0.571 bits per heavy atom. The second-order valence-corrected chi connectivity index (χ2v) is 11.5. The van der Waals surface area contributed by atoms with Crippen LogP contribution in [0, 0.1) is 3.91 Å². The van der Waals surface area contributed by atoms with Crippen molar-refractivity contribution in [2.24, 2.45) is 0 Å². The zero-order chi connectivity index (χ0) is 20.9. The van der Waals surface area contributed by atoms with Crippen molar-refractivity contribution in [3.05, 3.63) is 3.91 Å². The lowest BCUT2D eigenvalue weighted by molar-refractivity contribution is 0.169. The maximum absolute atomic E-state index is 12.8. The minimum Gasteiger partial charge on any atom is -0.447 e. The Morgan fingerprint density at radius 3 is 1.00 bits per heavy atom. The van der Waals surface area contributed by atoms with Gasteiger partial charge in [-0.15, -0.1) is 0 Å². The zero-order valence-corrected chi connectivity index (χ0v) is 16.2. The van der Waals surface area contributed by atoms with E-state index in [1.807, 2.05) is 0 Å². The number of cyclic esters (lactones) is 3. The molecule has 158 valence electrons. The highest BCUT2D eigenvalue weighted by Gasteiger charge is 2.50. The van der Waals surface area contributed by atoms with Gasteiger partial charge in [-0.2, -0.15) is 0 Å². The molecule has 0 radical (unpaired) electrons. The number of amides is 3. The van der Waals surface area contributed by atoms with Crippen molar-refractivity contribution < 1.29 is 53.8 Å². The van der Waals surface area contributed by atoms with E-state index in [4.69, 9.17) is 0 Å². The molecule has 3 aliphatic rings. The summed E-state index contributed by atoms with van der Waals surface area (Å²) >= 11 is 0. The Bertz CT molecular complexity index is 900. The number of rotatable bonds is 6. The lowest BCUT2D eigenvalue weighted by atomic mass is 10.7. The number of carbonyl (C=O) groups is 3. The van der Waals surface area contributed by atoms with Crippen LogP contribution in [0.15, 0.2) is 0 Å². The van der Waals surface area contributed by atoms with Crippen molar-refractivity contribution in [1.29, 1.82) is 0 Å². The molecule has 0 bridgehead atoms. The third-order valence-corrected chi connectivity index (χ3v) is 11.5. The number of hydrogen-bond donors (Lipinski definition) is 0. The molecule has 28 heavy (non-hydrogen) atoms. The molecule has 3 heterocycles. The van der Waals surface area contributed by atoms with Crippen LogP contribution in [0.25, 0.3) is 0 Å². The smallest absolute Gasteiger partial charge is 0.421 e. The average Bonchev–Trinajstić information content (AvgIpc) is 3.27. The summed E-state index contributed by atoms with van der Waals surface area (Å²) in [6.45, 7) is -3.39. The molecule has 0 aliphatic carbocycles. The number of hydrogen-bond acceptors (Lipinski definition) is 12. The van der Waals surface area contributed by atoms with Gasteiger partial charge in [-0.1, -0.05) is 0 Å². The van der Waals surface area contributed by atoms with Crippen molar-refractivity contribution in [2.75, 3.05) is 39.5 Å². The third-order valence-electron chi connectivity index (χ3n) is 3.67. The van der Waals surface area contributed by atoms with Gasteiger partial charge in [-0.3, -0.25) is 0 Å². The largest absolute Gasteiger partial charge is 0.447 e. The van der Waals surface area contributed by atoms with Crippen molar-refractivity contribution in [2.45, 2.75) is 0 Å². The summed E-state index contributed by atoms with van der Waals surface area (Å²) in [4.78, 5) is 35.0. The second-order valence-electron chi connectivity index (χ2n) is 5.32. The maximum atomic E-state index is 12.8. The molecule has 18 heteroatoms. The molecule has 3 saturated heterocycles. The van der Waals surface area contributed by atoms with Crippen LogP contribution in [0.3, 0.4) is 0 Å². The molecule has 3 fully saturated rings. The summed E-state index contributed by atoms with van der Waals surface area (Å²) in [5.41, 5.74) is 0. The SMILES string of the molecule is O=C1OCCN1S(=O)(=O)[C-](S(=O)(=O)N1CCOC1=O)S(=O)(=O)N1CCOC1=O. The van der Waals surface area contributed by atoms with Crippen LogP contribution in [-0.2, 0) is 44.3 Å². The van der Waals surface area contributed by atoms with E-state index in [1.54, 1.807) is 0 Å². The molecular formula is C10H12N3O12S3-. The lowest BCUT2D eigenvalue weighted by Gasteiger charge is -2.36. The monoisotopic (exact) mass is 462 g/mol. The number of carbonyl (C=O) groups excluding carboxylic acids is 3. The standard InChI is InChI=1S/C10H12N3O12S3/c14-7-11(1-4-23-7)26(17,18)10(27(19,20)12-2-5-24-8(12)15)28(21,22)13-3-6-25-9(13)16/h1-6H2/q-1. The Kier molecular flexibility index (Phi) is 4.82. The molecule has 3 amide bonds. The summed E-state index contributed by atoms with van der Waals surface area (Å²) in [6.07, 6.45) is -4.55. The fourth-order valence-corrected chi connectivity index (χ4v) is 9.51. The molecular weight excluding hydrogens is 450 g/mol. The molecule has 3 aliphatic heterocycles. The Hall–Kier alpha value is -2.34. The van der Waals surface area contributed by atoms with Crippen molar-refractivity contribution in [3.8, 4) is 0 Å². The minimum atomic E-state index is -5.59. The Balaban J connectivity index is 2.18. The molecule has 0 spiro atoms. The fraction of sp³-hybridized carbons (Fsp3) is 0.600. The second kappa shape index (κ2) is 6.62. The van der Waals surface area contributed by atoms with Crippen LogP contribution >= 0.6 is 0 Å². The first-order valence-electron chi connectivity index (χ1n) is 7.37. The van der Waals surface area contributed by atoms with Crippen LogP contribution in [0.5, 0.6) is 0 Å². The van der Waals surface area contributed by atoms with Crippen LogP contribution in [0.4, 0.5) is 14.4 Å². The van der Waals surface area contributed by atoms with Crippen LogP contribution in [-0.4, -0.2) is 95.9 Å². The van der Waals surface area contributed by atoms with Gasteiger partial charge in [-0.25, -0.2) is 52.6 Å². The van der Waals surface area contributed by atoms with Gasteiger partial charge >= 0.3 is 18.3 Å². The zero-order valence-electron chi connectivity index (χ0n) is 13.7. The summed E-state index contributed by atoms with van der Waals surface area (Å²) in [6, 6.07) is 0. The summed E-state index contributed by atoms with van der Waals surface area (Å²) in [7, 11) is -16.8. The van der Waals surface area contributed by atoms with E-state index in [2.05, 4.69) is 14.2 Å². The highest BCUT2D eigenvalue weighted by molar-refractivity contribution is 8.27. The van der Waals surface area contributed by atoms with Gasteiger partial charge in [0, 0.05) is 0 Å². The normalized spacial score (nSPS) is 21.3. The molecule has 3 rings (SSSR count). The summed E-state index contributed by atoms with van der Waals surface area (Å²) in [5, 5.41) is 0. The van der Waals surface area contributed by atoms with Crippen molar-refractivity contribution in [1.82, 2.24) is 12.9 Å². The first-order valence-corrected chi connectivity index (χ1v) is 11.7. The van der Waals surface area contributed by atoms with Crippen LogP contribution in [0.2, 0.25) is 0 Å². The first-order chi connectivity index (χ1) is 12.9. The number of nitrogens with zero attached hydrogens (tertiary/aromatic N) is 3. The molecule has 0 aromatic carbocycles. The van der Waals surface area contributed by atoms with Crippen molar-refractivity contribution >= 4 is 48.3 Å². The predicted molar refractivity (Wildman–Crippen MR) is 84.2 cm³/mol. The van der Waals surface area contributed by atoms with Gasteiger partial charge < -0.3 is 14.2 Å². The molecule has 0 unspecified atom stereocenters. The highest BCUT2D eigenvalue weighted by atomic mass is 32.3. The van der Waals surface area contributed by atoms with E-state index in [1.165, 1.54) is 0 Å². The van der Waals surface area contributed by atoms with Crippen LogP contribution < -0.4 is 0 Å². The summed E-state index contributed by atoms with van der Waals surface area (Å²) < 4.78 is 87.6. The topological polar surface area (TPSA) is 191 Å². The first kappa shape index (κ1) is 20.4. The molecule has 0 atom stereocenters. The highest BCUT2D eigenvalue weighted by Crippen LogP contribution is 2.36. The fourth-order valence-electron chi connectivity index (χ4n) is 2.46. The van der Waals surface area contributed by atoms with E-state index >= 15 is 0 Å². The van der Waals surface area contributed by atoms with Gasteiger partial charge in [0.1, 0.15) is 53.8 Å². The van der Waals surface area contributed by atoms with Gasteiger partial charge in [0.25, 0.3) is 0 Å². The quantitative estimate of drug-likeness (QED) is 0.305. The average molecular weight is 462 g/mol. The van der Waals surface area contributed by atoms with E-state index in [-0.39, 0.29) is 12.9 Å². The van der Waals surface area contributed by atoms with Crippen molar-refractivity contribution in [3.63, 3.8) is 0 Å². The third kappa shape index (κ3) is 3.00. The van der Waals surface area contributed by atoms with E-state index in [0.29, 0.717) is 0 Å². The molecule has 15 nitrogen and oxygen atoms in total. The Labute approximate surface area is 158 Å². The lowest BCUT2D eigenvalue weighted by Crippen LogP contribution is -2.51. The predicted octanol–water partition coefficient (Wildman–Crippen LogP) is -2.22. The van der Waals surface area contributed by atoms with E-state index < -0.39 is 91.7 Å². The maximum Gasteiger partial charge on any atom is 0.421 e. The van der Waals surface area contributed by atoms with E-state index in [9.17, 15) is 39.6 Å². The van der Waals surface area contributed by atoms with Gasteiger partial charge in [0.15, 0.2) is 0 Å². The van der Waals surface area contributed by atoms with Gasteiger partial charge in [0.05, 0.1) is 19.6 Å². The molecule has 0 N–H and O–H groups in total. The molecule has 0 saturated carbocycles. The Morgan fingerprint density at radius 2 is 0.821 bits per heavy atom. The van der Waals surface area contributed by atoms with Gasteiger partial charge in [-0.05, 0) is 0 Å².